The second kappa shape index (κ2) is 6.80. The molecule has 0 aromatic heterocycles. The predicted molar refractivity (Wildman–Crippen MR) is 86.1 cm³/mol. The Balaban J connectivity index is 2.30. The van der Waals surface area contributed by atoms with E-state index in [1.165, 1.54) is 11.1 Å². The van der Waals surface area contributed by atoms with Crippen LogP contribution < -0.4 is 9.47 Å². The van der Waals surface area contributed by atoms with Gasteiger partial charge in [0.2, 0.25) is 0 Å². The minimum Gasteiger partial charge on any atom is -0.493 e. The van der Waals surface area contributed by atoms with Gasteiger partial charge in [-0.3, -0.25) is 0 Å². The normalized spacial score (nSPS) is 12.0. The maximum atomic E-state index is 5.50. The molecule has 0 heterocycles. The number of hydrogen-bond acceptors (Lipinski definition) is 2. The average Bonchev–Trinajstić information content (AvgIpc) is 2.48. The molecule has 2 aromatic carbocycles. The Hall–Kier alpha value is -1.48. The van der Waals surface area contributed by atoms with Crippen molar-refractivity contribution in [2.45, 2.75) is 18.2 Å². The Morgan fingerprint density at radius 3 is 2.40 bits per heavy atom. The fraction of sp³-hybridized carbons (Fsp3) is 0.294. The van der Waals surface area contributed by atoms with Gasteiger partial charge in [0.05, 0.1) is 14.2 Å². The van der Waals surface area contributed by atoms with Crippen LogP contribution in [-0.2, 0) is 6.42 Å². The van der Waals surface area contributed by atoms with Crippen LogP contribution in [0.1, 0.15) is 21.5 Å². The van der Waals surface area contributed by atoms with Crippen LogP contribution in [0.4, 0.5) is 0 Å². The lowest BCUT2D eigenvalue weighted by Gasteiger charge is -2.17. The fourth-order valence-electron chi connectivity index (χ4n) is 2.30. The SMILES string of the molecule is COc1cccc(C(Br)Cc2ccccc2C)c1OC. The number of alkyl halides is 1. The summed E-state index contributed by atoms with van der Waals surface area (Å²) in [5.74, 6) is 1.56. The molecule has 0 spiro atoms. The summed E-state index contributed by atoms with van der Waals surface area (Å²) in [6, 6.07) is 14.4. The molecule has 0 fully saturated rings. The maximum Gasteiger partial charge on any atom is 0.165 e. The monoisotopic (exact) mass is 334 g/mol. The summed E-state index contributed by atoms with van der Waals surface area (Å²) < 4.78 is 10.9. The van der Waals surface area contributed by atoms with E-state index in [1.807, 2.05) is 12.1 Å². The van der Waals surface area contributed by atoms with E-state index in [0.717, 1.165) is 23.5 Å². The summed E-state index contributed by atoms with van der Waals surface area (Å²) in [5.41, 5.74) is 3.74. The number of ether oxygens (including phenoxy) is 2. The fourth-order valence-corrected chi connectivity index (χ4v) is 3.01. The number of aryl methyl sites for hydroxylation is 1. The van der Waals surface area contributed by atoms with Gasteiger partial charge in [0.25, 0.3) is 0 Å². The molecule has 2 rings (SSSR count). The Labute approximate surface area is 128 Å². The lowest BCUT2D eigenvalue weighted by atomic mass is 10.00. The van der Waals surface area contributed by atoms with Crippen molar-refractivity contribution in [1.82, 2.24) is 0 Å². The van der Waals surface area contributed by atoms with E-state index in [2.05, 4.69) is 53.2 Å². The van der Waals surface area contributed by atoms with E-state index in [9.17, 15) is 0 Å². The molecule has 0 amide bonds. The molecular weight excluding hydrogens is 316 g/mol. The van der Waals surface area contributed by atoms with Gasteiger partial charge < -0.3 is 9.47 Å². The zero-order valence-electron chi connectivity index (χ0n) is 12.0. The average molecular weight is 335 g/mol. The second-order valence-corrected chi connectivity index (χ2v) is 5.79. The molecule has 0 N–H and O–H groups in total. The lowest BCUT2D eigenvalue weighted by Crippen LogP contribution is -2.01. The molecule has 1 unspecified atom stereocenters. The molecule has 2 nitrogen and oxygen atoms in total. The van der Waals surface area contributed by atoms with Crippen LogP contribution in [0.5, 0.6) is 11.5 Å². The maximum absolute atomic E-state index is 5.50. The number of methoxy groups -OCH3 is 2. The molecule has 0 saturated carbocycles. The van der Waals surface area contributed by atoms with Gasteiger partial charge in [-0.2, -0.15) is 0 Å². The van der Waals surface area contributed by atoms with Crippen molar-refractivity contribution < 1.29 is 9.47 Å². The predicted octanol–water partition coefficient (Wildman–Crippen LogP) is 4.69. The van der Waals surface area contributed by atoms with Gasteiger partial charge in [-0.1, -0.05) is 52.3 Å². The van der Waals surface area contributed by atoms with Gasteiger partial charge in [-0.15, -0.1) is 0 Å². The van der Waals surface area contributed by atoms with Crippen molar-refractivity contribution in [3.8, 4) is 11.5 Å². The summed E-state index contributed by atoms with van der Waals surface area (Å²) in [6.07, 6.45) is 0.913. The molecule has 0 aliphatic carbocycles. The van der Waals surface area contributed by atoms with Gasteiger partial charge in [0.15, 0.2) is 11.5 Å². The van der Waals surface area contributed by atoms with E-state index < -0.39 is 0 Å². The molecule has 0 aliphatic heterocycles. The summed E-state index contributed by atoms with van der Waals surface area (Å²) >= 11 is 3.78. The smallest absolute Gasteiger partial charge is 0.165 e. The molecule has 0 radical (unpaired) electrons. The topological polar surface area (TPSA) is 18.5 Å². The third-order valence-corrected chi connectivity index (χ3v) is 4.25. The number of hydrogen-bond donors (Lipinski definition) is 0. The molecule has 3 heteroatoms. The summed E-state index contributed by atoms with van der Waals surface area (Å²) in [5, 5.41) is 0. The van der Waals surface area contributed by atoms with Crippen LogP contribution in [0, 0.1) is 6.92 Å². The number of para-hydroxylation sites is 1. The zero-order chi connectivity index (χ0) is 14.5. The van der Waals surface area contributed by atoms with Crippen molar-refractivity contribution in [2.24, 2.45) is 0 Å². The summed E-state index contributed by atoms with van der Waals surface area (Å²) in [4.78, 5) is 0.189. The van der Waals surface area contributed by atoms with E-state index in [1.54, 1.807) is 14.2 Å². The van der Waals surface area contributed by atoms with Crippen LogP contribution in [-0.4, -0.2) is 14.2 Å². The molecular formula is C17H19BrO2. The largest absolute Gasteiger partial charge is 0.493 e. The molecule has 0 aliphatic rings. The lowest BCUT2D eigenvalue weighted by molar-refractivity contribution is 0.351. The van der Waals surface area contributed by atoms with Crippen LogP contribution in [0.15, 0.2) is 42.5 Å². The van der Waals surface area contributed by atoms with Crippen LogP contribution in [0.25, 0.3) is 0 Å². The zero-order valence-corrected chi connectivity index (χ0v) is 13.6. The van der Waals surface area contributed by atoms with Gasteiger partial charge in [0.1, 0.15) is 0 Å². The van der Waals surface area contributed by atoms with Gasteiger partial charge >= 0.3 is 0 Å². The highest BCUT2D eigenvalue weighted by atomic mass is 79.9. The highest BCUT2D eigenvalue weighted by Gasteiger charge is 2.17. The van der Waals surface area contributed by atoms with E-state index in [4.69, 9.17) is 9.47 Å². The molecule has 20 heavy (non-hydrogen) atoms. The first-order chi connectivity index (χ1) is 9.67. The molecule has 0 bridgehead atoms. The standard InChI is InChI=1S/C17H19BrO2/c1-12-7-4-5-8-13(12)11-15(18)14-9-6-10-16(19-2)17(14)20-3/h4-10,15H,11H2,1-3H3. The van der Waals surface area contributed by atoms with Gasteiger partial charge in [-0.05, 0) is 30.5 Å². The Morgan fingerprint density at radius 1 is 1.00 bits per heavy atom. The number of benzene rings is 2. The molecule has 1 atom stereocenters. The van der Waals surface area contributed by atoms with E-state index in [-0.39, 0.29) is 4.83 Å². The van der Waals surface area contributed by atoms with Gasteiger partial charge in [0, 0.05) is 10.4 Å². The Kier molecular flexibility index (Phi) is 5.07. The van der Waals surface area contributed by atoms with E-state index >= 15 is 0 Å². The molecule has 106 valence electrons. The summed E-state index contributed by atoms with van der Waals surface area (Å²) in [6.45, 7) is 2.14. The van der Waals surface area contributed by atoms with Crippen LogP contribution in [0.2, 0.25) is 0 Å². The van der Waals surface area contributed by atoms with E-state index in [0.29, 0.717) is 0 Å². The highest BCUT2D eigenvalue weighted by Crippen LogP contribution is 2.39. The van der Waals surface area contributed by atoms with Crippen molar-refractivity contribution in [3.63, 3.8) is 0 Å². The second-order valence-electron chi connectivity index (χ2n) is 4.68. The van der Waals surface area contributed by atoms with Crippen LogP contribution >= 0.6 is 15.9 Å². The van der Waals surface area contributed by atoms with Crippen molar-refractivity contribution in [3.05, 3.63) is 59.2 Å². The quantitative estimate of drug-likeness (QED) is 0.738. The highest BCUT2D eigenvalue weighted by molar-refractivity contribution is 9.09. The summed E-state index contributed by atoms with van der Waals surface area (Å²) in [7, 11) is 3.33. The Morgan fingerprint density at radius 2 is 1.75 bits per heavy atom. The number of rotatable bonds is 5. The number of halogens is 1. The van der Waals surface area contributed by atoms with Crippen molar-refractivity contribution in [2.75, 3.05) is 14.2 Å². The van der Waals surface area contributed by atoms with Crippen molar-refractivity contribution in [1.29, 1.82) is 0 Å². The first kappa shape index (κ1) is 14.9. The van der Waals surface area contributed by atoms with Crippen molar-refractivity contribution >= 4 is 15.9 Å². The first-order valence-electron chi connectivity index (χ1n) is 6.56. The first-order valence-corrected chi connectivity index (χ1v) is 7.48. The van der Waals surface area contributed by atoms with Gasteiger partial charge in [-0.25, -0.2) is 0 Å². The third-order valence-electron chi connectivity index (χ3n) is 3.43. The minimum atomic E-state index is 0.189. The molecule has 2 aromatic rings. The third kappa shape index (κ3) is 3.15. The molecule has 0 saturated heterocycles. The minimum absolute atomic E-state index is 0.189. The van der Waals surface area contributed by atoms with Crippen LogP contribution in [0.3, 0.4) is 0 Å². The Bertz CT molecular complexity index is 581.